The summed E-state index contributed by atoms with van der Waals surface area (Å²) in [6.07, 6.45) is 13.2. The predicted molar refractivity (Wildman–Crippen MR) is 72.4 cm³/mol. The maximum absolute atomic E-state index is 11.8. The summed E-state index contributed by atoms with van der Waals surface area (Å²) in [6.45, 7) is 0. The van der Waals surface area contributed by atoms with Gasteiger partial charge in [-0.25, -0.2) is 0 Å². The Bertz CT molecular complexity index is 253. The normalized spacial score (nSPS) is 21.6. The number of ketones is 2. The molecular weight excluding hydrogens is 224 g/mol. The molecule has 2 aliphatic rings. The second-order valence-corrected chi connectivity index (χ2v) is 6.22. The second kappa shape index (κ2) is 7.06. The summed E-state index contributed by atoms with van der Waals surface area (Å²) >= 11 is 0. The molecule has 0 spiro atoms. The largest absolute Gasteiger partial charge is 0.291 e. The van der Waals surface area contributed by atoms with Gasteiger partial charge < -0.3 is 0 Å². The zero-order chi connectivity index (χ0) is 12.8. The van der Waals surface area contributed by atoms with Gasteiger partial charge in [-0.15, -0.1) is 0 Å². The molecule has 102 valence electrons. The van der Waals surface area contributed by atoms with Gasteiger partial charge in [-0.05, 0) is 24.7 Å². The number of hydrogen-bond donors (Lipinski definition) is 0. The summed E-state index contributed by atoms with van der Waals surface area (Å²) < 4.78 is 0. The highest BCUT2D eigenvalue weighted by Gasteiger charge is 2.21. The van der Waals surface area contributed by atoms with Crippen molar-refractivity contribution < 1.29 is 9.59 Å². The van der Waals surface area contributed by atoms with Gasteiger partial charge in [-0.1, -0.05) is 51.4 Å². The fraction of sp³-hybridized carbons (Fsp3) is 0.875. The van der Waals surface area contributed by atoms with Crippen LogP contribution in [0.3, 0.4) is 0 Å². The molecule has 18 heavy (non-hydrogen) atoms. The van der Waals surface area contributed by atoms with E-state index < -0.39 is 0 Å². The van der Waals surface area contributed by atoms with Gasteiger partial charge in [0.05, 0.1) is 0 Å². The zero-order valence-electron chi connectivity index (χ0n) is 11.5. The number of rotatable bonds is 7. The van der Waals surface area contributed by atoms with Crippen molar-refractivity contribution >= 4 is 11.6 Å². The molecule has 0 saturated heterocycles. The maximum Gasteiger partial charge on any atom is 0.198 e. The minimum atomic E-state index is -0.0973. The molecule has 0 bridgehead atoms. The Balaban J connectivity index is 1.59. The molecule has 2 heteroatoms. The molecule has 0 heterocycles. The molecular formula is C16H26O2. The Morgan fingerprint density at radius 2 is 1.00 bits per heavy atom. The van der Waals surface area contributed by atoms with Crippen molar-refractivity contribution in [2.75, 3.05) is 0 Å². The van der Waals surface area contributed by atoms with E-state index in [9.17, 15) is 9.59 Å². The van der Waals surface area contributed by atoms with E-state index in [1.54, 1.807) is 0 Å². The van der Waals surface area contributed by atoms with E-state index in [1.165, 1.54) is 51.4 Å². The van der Waals surface area contributed by atoms with Gasteiger partial charge in [0.15, 0.2) is 11.6 Å². The van der Waals surface area contributed by atoms with Crippen molar-refractivity contribution in [2.24, 2.45) is 11.8 Å². The second-order valence-electron chi connectivity index (χ2n) is 6.22. The number of carbonyl (C=O) groups excluding carboxylic acids is 2. The molecule has 2 fully saturated rings. The summed E-state index contributed by atoms with van der Waals surface area (Å²) in [5.41, 5.74) is 0. The van der Waals surface area contributed by atoms with Crippen molar-refractivity contribution in [3.8, 4) is 0 Å². The van der Waals surface area contributed by atoms with E-state index in [1.807, 2.05) is 0 Å². The van der Waals surface area contributed by atoms with Crippen molar-refractivity contribution in [3.63, 3.8) is 0 Å². The van der Waals surface area contributed by atoms with Gasteiger partial charge in [-0.2, -0.15) is 0 Å². The van der Waals surface area contributed by atoms with Crippen LogP contribution in [0.25, 0.3) is 0 Å². The van der Waals surface area contributed by atoms with Gasteiger partial charge in [0, 0.05) is 12.8 Å². The fourth-order valence-electron chi connectivity index (χ4n) is 3.55. The molecule has 0 unspecified atom stereocenters. The molecule has 0 aromatic heterocycles. The molecule has 0 aliphatic heterocycles. The van der Waals surface area contributed by atoms with Crippen LogP contribution in [0.1, 0.15) is 77.0 Å². The predicted octanol–water partition coefficient (Wildman–Crippen LogP) is 4.07. The Hall–Kier alpha value is -0.660. The van der Waals surface area contributed by atoms with Crippen LogP contribution in [0.15, 0.2) is 0 Å². The highest BCUT2D eigenvalue weighted by atomic mass is 16.2. The summed E-state index contributed by atoms with van der Waals surface area (Å²) in [7, 11) is 0. The summed E-state index contributed by atoms with van der Waals surface area (Å²) in [5.74, 6) is 1.24. The van der Waals surface area contributed by atoms with Gasteiger partial charge in [-0.3, -0.25) is 9.59 Å². The Morgan fingerprint density at radius 3 is 1.33 bits per heavy atom. The Morgan fingerprint density at radius 1 is 0.667 bits per heavy atom. The van der Waals surface area contributed by atoms with Gasteiger partial charge >= 0.3 is 0 Å². The van der Waals surface area contributed by atoms with E-state index in [2.05, 4.69) is 0 Å². The number of hydrogen-bond acceptors (Lipinski definition) is 2. The SMILES string of the molecule is O=C(CCC1CCCC1)C(=O)CCC1CCCC1. The average molecular weight is 250 g/mol. The summed E-state index contributed by atoms with van der Waals surface area (Å²) in [5, 5.41) is 0. The fourth-order valence-corrected chi connectivity index (χ4v) is 3.55. The van der Waals surface area contributed by atoms with Gasteiger partial charge in [0.25, 0.3) is 0 Å². The molecule has 0 N–H and O–H groups in total. The van der Waals surface area contributed by atoms with Crippen molar-refractivity contribution in [3.05, 3.63) is 0 Å². The summed E-state index contributed by atoms with van der Waals surface area (Å²) in [4.78, 5) is 23.5. The Kier molecular flexibility index (Phi) is 5.40. The van der Waals surface area contributed by atoms with Crippen LogP contribution in [0.2, 0.25) is 0 Å². The highest BCUT2D eigenvalue weighted by Crippen LogP contribution is 2.30. The third kappa shape index (κ3) is 4.22. The molecule has 2 rings (SSSR count). The van der Waals surface area contributed by atoms with E-state index in [0.29, 0.717) is 12.8 Å². The first-order chi connectivity index (χ1) is 8.75. The Labute approximate surface area is 111 Å². The maximum atomic E-state index is 11.8. The number of carbonyl (C=O) groups is 2. The van der Waals surface area contributed by atoms with E-state index >= 15 is 0 Å². The van der Waals surface area contributed by atoms with E-state index in [4.69, 9.17) is 0 Å². The van der Waals surface area contributed by atoms with Crippen LogP contribution in [-0.4, -0.2) is 11.6 Å². The molecule has 2 nitrogen and oxygen atoms in total. The van der Waals surface area contributed by atoms with Crippen LogP contribution in [-0.2, 0) is 9.59 Å². The minimum absolute atomic E-state index is 0.0973. The molecule has 0 radical (unpaired) electrons. The first kappa shape index (κ1) is 13.8. The molecule has 0 aromatic carbocycles. The number of Topliss-reactive ketones (excluding diaryl/α,β-unsaturated/α-hetero) is 2. The lowest BCUT2D eigenvalue weighted by Crippen LogP contribution is -2.15. The lowest BCUT2D eigenvalue weighted by atomic mass is 9.95. The van der Waals surface area contributed by atoms with Crippen LogP contribution in [0, 0.1) is 11.8 Å². The van der Waals surface area contributed by atoms with Crippen LogP contribution in [0.5, 0.6) is 0 Å². The summed E-state index contributed by atoms with van der Waals surface area (Å²) in [6, 6.07) is 0. The molecule has 2 aliphatic carbocycles. The quantitative estimate of drug-likeness (QED) is 0.638. The smallest absolute Gasteiger partial charge is 0.198 e. The van der Waals surface area contributed by atoms with Crippen LogP contribution in [0.4, 0.5) is 0 Å². The van der Waals surface area contributed by atoms with Crippen LogP contribution >= 0.6 is 0 Å². The molecule has 0 amide bonds. The lowest BCUT2D eigenvalue weighted by Gasteiger charge is -2.09. The minimum Gasteiger partial charge on any atom is -0.291 e. The average Bonchev–Trinajstić information content (AvgIpc) is 3.05. The van der Waals surface area contributed by atoms with E-state index in [-0.39, 0.29) is 11.6 Å². The lowest BCUT2D eigenvalue weighted by molar-refractivity contribution is -0.136. The van der Waals surface area contributed by atoms with E-state index in [0.717, 1.165) is 24.7 Å². The molecule has 2 saturated carbocycles. The first-order valence-electron chi connectivity index (χ1n) is 7.81. The van der Waals surface area contributed by atoms with Crippen molar-refractivity contribution in [1.29, 1.82) is 0 Å². The third-order valence-corrected chi connectivity index (χ3v) is 4.82. The van der Waals surface area contributed by atoms with Crippen molar-refractivity contribution in [1.82, 2.24) is 0 Å². The third-order valence-electron chi connectivity index (χ3n) is 4.82. The van der Waals surface area contributed by atoms with Crippen LogP contribution < -0.4 is 0 Å². The van der Waals surface area contributed by atoms with Gasteiger partial charge in [0.2, 0.25) is 0 Å². The molecule has 0 atom stereocenters. The monoisotopic (exact) mass is 250 g/mol. The van der Waals surface area contributed by atoms with Gasteiger partial charge in [0.1, 0.15) is 0 Å². The first-order valence-corrected chi connectivity index (χ1v) is 7.81. The van der Waals surface area contributed by atoms with Crippen molar-refractivity contribution in [2.45, 2.75) is 77.0 Å². The standard InChI is InChI=1S/C16H26O2/c17-15(11-9-13-5-1-2-6-13)16(18)12-10-14-7-3-4-8-14/h13-14H,1-12H2. The molecule has 0 aromatic rings. The topological polar surface area (TPSA) is 34.1 Å². The zero-order valence-corrected chi connectivity index (χ0v) is 11.5. The highest BCUT2D eigenvalue weighted by molar-refractivity contribution is 6.37.